The van der Waals surface area contributed by atoms with Crippen molar-refractivity contribution in [3.63, 3.8) is 0 Å². The van der Waals surface area contributed by atoms with E-state index in [1.165, 1.54) is 18.5 Å². The molecule has 0 aliphatic heterocycles. The molecule has 2 rings (SSSR count). The van der Waals surface area contributed by atoms with E-state index in [1.54, 1.807) is 11.6 Å². The number of carbonyl (C=O) groups is 1. The average Bonchev–Trinajstić information content (AvgIpc) is 2.61. The van der Waals surface area contributed by atoms with Gasteiger partial charge in [-0.3, -0.25) is 0 Å². The number of fused-ring (bicyclic) bond motifs is 1. The molecule has 0 bridgehead atoms. The maximum atomic E-state index is 11.7. The van der Waals surface area contributed by atoms with Crippen LogP contribution in [0.2, 0.25) is 0 Å². The second-order valence-corrected chi connectivity index (χ2v) is 8.56. The number of H-pyrrole nitrogens is 1. The first kappa shape index (κ1) is 13.0. The summed E-state index contributed by atoms with van der Waals surface area (Å²) in [7, 11) is 3.20. The summed E-state index contributed by atoms with van der Waals surface area (Å²) in [5.41, 5.74) is -0.362. The minimum absolute atomic E-state index is 0.313. The van der Waals surface area contributed by atoms with Gasteiger partial charge in [-0.15, -0.1) is 0 Å². The summed E-state index contributed by atoms with van der Waals surface area (Å²) in [6.45, 7) is 1.34. The first-order valence-corrected chi connectivity index (χ1v) is 10.2. The van der Waals surface area contributed by atoms with E-state index in [-0.39, 0.29) is 5.97 Å². The molecule has 2 heterocycles. The number of imidazole rings is 1. The molecule has 8 nitrogen and oxygen atoms in total. The van der Waals surface area contributed by atoms with Crippen molar-refractivity contribution >= 4 is 20.5 Å². The van der Waals surface area contributed by atoms with Crippen LogP contribution < -0.4 is 14.6 Å². The van der Waals surface area contributed by atoms with Gasteiger partial charge in [0.25, 0.3) is 0 Å². The summed E-state index contributed by atoms with van der Waals surface area (Å²) in [5.74, 6) is -0.341. The molecule has 0 aliphatic carbocycles. The van der Waals surface area contributed by atoms with Crippen LogP contribution in [0.4, 0.5) is 0 Å². The van der Waals surface area contributed by atoms with Gasteiger partial charge in [-0.05, 0) is 0 Å². The topological polar surface area (TPSA) is 99.0 Å². The average molecular weight is 439 g/mol. The molecule has 2 aromatic rings. The molecule has 0 fully saturated rings. The number of aromatic amines is 1. The third-order valence-corrected chi connectivity index (χ3v) is 8.24. The Morgan fingerprint density at radius 1 is 1.33 bits per heavy atom. The van der Waals surface area contributed by atoms with E-state index >= 15 is 0 Å². The number of nitrogens with one attached hydrogen (secondary N) is 1. The fourth-order valence-electron chi connectivity index (χ4n) is 1.65. The second kappa shape index (κ2) is 4.67. The van der Waals surface area contributed by atoms with Crippen LogP contribution in [0.15, 0.2) is 9.59 Å². The maximum absolute atomic E-state index is 11.7. The van der Waals surface area contributed by atoms with Gasteiger partial charge < -0.3 is 0 Å². The van der Waals surface area contributed by atoms with Crippen LogP contribution in [0, 0.1) is 0 Å². The van der Waals surface area contributed by atoms with Crippen LogP contribution in [-0.4, -0.2) is 25.1 Å². The van der Waals surface area contributed by atoms with Crippen molar-refractivity contribution < 1.29 is 32.5 Å². The fourth-order valence-corrected chi connectivity index (χ4v) is 5.14. The zero-order valence-electron chi connectivity index (χ0n) is 10.2. The second-order valence-electron chi connectivity index (χ2n) is 3.86. The molecule has 18 heavy (non-hydrogen) atoms. The van der Waals surface area contributed by atoms with Crippen LogP contribution in [0.1, 0.15) is 6.92 Å². The SMILES string of the molecule is CC(=O)[O][Hg][c]1nc2c(c(=O)[nH]c(=O)n2C)n1C. The van der Waals surface area contributed by atoms with Gasteiger partial charge in [0, 0.05) is 0 Å². The number of carbonyl (C=O) groups excluding carboxylic acids is 1. The van der Waals surface area contributed by atoms with Crippen LogP contribution in [-0.2, 0) is 46.6 Å². The number of rotatable bonds is 2. The van der Waals surface area contributed by atoms with Gasteiger partial charge in [0.05, 0.1) is 0 Å². The molecule has 2 aromatic heterocycles. The van der Waals surface area contributed by atoms with Crippen molar-refractivity contribution in [2.45, 2.75) is 6.92 Å². The molecular formula is C9H10HgN4O4. The molecule has 0 unspecified atom stereocenters. The van der Waals surface area contributed by atoms with Crippen LogP contribution in [0.3, 0.4) is 0 Å². The van der Waals surface area contributed by atoms with Crippen molar-refractivity contribution in [3.05, 3.63) is 20.8 Å². The Labute approximate surface area is 114 Å². The van der Waals surface area contributed by atoms with Gasteiger partial charge in [0.15, 0.2) is 0 Å². The van der Waals surface area contributed by atoms with E-state index in [1.807, 2.05) is 0 Å². The molecule has 9 heteroatoms. The van der Waals surface area contributed by atoms with E-state index < -0.39 is 36.3 Å². The first-order valence-electron chi connectivity index (χ1n) is 5.19. The van der Waals surface area contributed by atoms with Crippen LogP contribution in [0.25, 0.3) is 11.2 Å². The first-order chi connectivity index (χ1) is 8.41. The zero-order chi connectivity index (χ0) is 13.4. The number of aryl methyl sites for hydroxylation is 2. The molecule has 0 aromatic carbocycles. The van der Waals surface area contributed by atoms with Crippen molar-refractivity contribution in [3.8, 4) is 0 Å². The molecule has 0 amide bonds. The Morgan fingerprint density at radius 2 is 2.00 bits per heavy atom. The quantitative estimate of drug-likeness (QED) is 0.555. The van der Waals surface area contributed by atoms with Gasteiger partial charge in [-0.25, -0.2) is 0 Å². The number of nitrogens with zero attached hydrogens (tertiary/aromatic N) is 3. The fraction of sp³-hybridized carbons (Fsp3) is 0.333. The summed E-state index contributed by atoms with van der Waals surface area (Å²) in [6, 6.07) is 0. The van der Waals surface area contributed by atoms with Crippen LogP contribution in [0.5, 0.6) is 0 Å². The van der Waals surface area contributed by atoms with Gasteiger partial charge in [0.1, 0.15) is 0 Å². The summed E-state index contributed by atoms with van der Waals surface area (Å²) in [4.78, 5) is 40.4. The van der Waals surface area contributed by atoms with Crippen LogP contribution >= 0.6 is 0 Å². The summed E-state index contributed by atoms with van der Waals surface area (Å²) in [5, 5.41) is 0. The molecule has 92 valence electrons. The molecule has 1 N–H and O–H groups in total. The van der Waals surface area contributed by atoms with E-state index in [2.05, 4.69) is 9.97 Å². The number of hydrogen-bond acceptors (Lipinski definition) is 5. The molecular weight excluding hydrogens is 429 g/mol. The molecule has 0 aliphatic rings. The third kappa shape index (κ3) is 2.12. The Kier molecular flexibility index (Phi) is 3.37. The Bertz CT molecular complexity index is 741. The summed E-state index contributed by atoms with van der Waals surface area (Å²) in [6.07, 6.45) is 0. The van der Waals surface area contributed by atoms with Gasteiger partial charge in [-0.1, -0.05) is 0 Å². The van der Waals surface area contributed by atoms with Gasteiger partial charge in [-0.2, -0.15) is 0 Å². The Morgan fingerprint density at radius 3 is 2.61 bits per heavy atom. The van der Waals surface area contributed by atoms with Gasteiger partial charge in [0.2, 0.25) is 0 Å². The molecule has 0 saturated heterocycles. The molecule has 0 atom stereocenters. The molecule has 0 spiro atoms. The van der Waals surface area contributed by atoms with Crippen molar-refractivity contribution in [1.82, 2.24) is 19.1 Å². The Hall–Kier alpha value is -1.44. The van der Waals surface area contributed by atoms with Crippen molar-refractivity contribution in [2.24, 2.45) is 14.1 Å². The standard InChI is InChI=1S/C7H7N4O2.C2H4O2.Hg/c1-10-3-8-5-4(10)6(12)9-7(13)11(5)2;1-2(3)4;/h1-2H3,(H,9,12,13);1H3,(H,3,4);/q;;+1/p-1. The van der Waals surface area contributed by atoms with E-state index in [4.69, 9.17) is 2.64 Å². The monoisotopic (exact) mass is 440 g/mol. The van der Waals surface area contributed by atoms with E-state index in [0.29, 0.717) is 14.5 Å². The number of hydrogen-bond donors (Lipinski definition) is 1. The number of aromatic nitrogens is 4. The molecule has 0 saturated carbocycles. The normalized spacial score (nSPS) is 10.4. The zero-order valence-corrected chi connectivity index (χ0v) is 15.7. The van der Waals surface area contributed by atoms with Crippen molar-refractivity contribution in [2.75, 3.05) is 0 Å². The molecule has 0 radical (unpaired) electrons. The van der Waals surface area contributed by atoms with Crippen molar-refractivity contribution in [1.29, 1.82) is 0 Å². The van der Waals surface area contributed by atoms with Gasteiger partial charge >= 0.3 is 114 Å². The van der Waals surface area contributed by atoms with E-state index in [0.717, 1.165) is 0 Å². The summed E-state index contributed by atoms with van der Waals surface area (Å²) < 4.78 is 8.53. The Balaban J connectivity index is 2.66. The summed E-state index contributed by atoms with van der Waals surface area (Å²) >= 11 is -2.14. The minimum atomic E-state index is -2.14. The predicted molar refractivity (Wildman–Crippen MR) is 58.0 cm³/mol. The third-order valence-electron chi connectivity index (χ3n) is 2.63. The predicted octanol–water partition coefficient (Wildman–Crippen LogP) is -1.85. The van der Waals surface area contributed by atoms with E-state index in [9.17, 15) is 14.4 Å².